The van der Waals surface area contributed by atoms with Crippen molar-refractivity contribution >= 4 is 29.0 Å². The lowest BCUT2D eigenvalue weighted by atomic mass is 10.1. The molecule has 1 aromatic carbocycles. The number of hydrogen-bond acceptors (Lipinski definition) is 6. The van der Waals surface area contributed by atoms with Crippen molar-refractivity contribution in [2.45, 2.75) is 12.8 Å². The van der Waals surface area contributed by atoms with Crippen LogP contribution in [0.4, 0.5) is 21.6 Å². The van der Waals surface area contributed by atoms with Gasteiger partial charge in [-0.25, -0.2) is 9.37 Å². The molecule has 0 atom stereocenters. The Morgan fingerprint density at radius 3 is 2.78 bits per heavy atom. The SMILES string of the molecule is CNC(=O)c1cnc(NC(=O)C2CC2)c2c1Nc1c(OC)cc(F)cc1O2. The fourth-order valence-corrected chi connectivity index (χ4v) is 2.83. The molecule has 0 saturated heterocycles. The van der Waals surface area contributed by atoms with Gasteiger partial charge in [0.15, 0.2) is 17.3 Å². The zero-order valence-corrected chi connectivity index (χ0v) is 14.7. The lowest BCUT2D eigenvalue weighted by Gasteiger charge is -2.26. The summed E-state index contributed by atoms with van der Waals surface area (Å²) in [5.74, 6) is -0.447. The van der Waals surface area contributed by atoms with Gasteiger partial charge in [-0.2, -0.15) is 0 Å². The number of anilines is 3. The molecule has 0 radical (unpaired) electrons. The fraction of sp³-hybridized carbons (Fsp3) is 0.278. The second kappa shape index (κ2) is 6.42. The second-order valence-corrected chi connectivity index (χ2v) is 6.28. The van der Waals surface area contributed by atoms with Crippen LogP contribution in [0.25, 0.3) is 0 Å². The van der Waals surface area contributed by atoms with Crippen molar-refractivity contribution < 1.29 is 23.5 Å². The molecule has 1 aromatic heterocycles. The molecule has 2 amide bonds. The van der Waals surface area contributed by atoms with Gasteiger partial charge in [0.25, 0.3) is 5.91 Å². The summed E-state index contributed by atoms with van der Waals surface area (Å²) >= 11 is 0. The summed E-state index contributed by atoms with van der Waals surface area (Å²) in [5, 5.41) is 8.31. The lowest BCUT2D eigenvalue weighted by Crippen LogP contribution is -2.22. The summed E-state index contributed by atoms with van der Waals surface area (Å²) in [5.41, 5.74) is 0.907. The fourth-order valence-electron chi connectivity index (χ4n) is 2.83. The van der Waals surface area contributed by atoms with Gasteiger partial charge in [-0.05, 0) is 12.8 Å². The van der Waals surface area contributed by atoms with Gasteiger partial charge in [0, 0.05) is 31.3 Å². The van der Waals surface area contributed by atoms with Gasteiger partial charge in [-0.1, -0.05) is 0 Å². The number of amides is 2. The van der Waals surface area contributed by atoms with Crippen LogP contribution in [0.5, 0.6) is 17.2 Å². The average Bonchev–Trinajstić information content (AvgIpc) is 3.51. The number of carbonyl (C=O) groups excluding carboxylic acids is 2. The van der Waals surface area contributed by atoms with Crippen molar-refractivity contribution in [3.63, 3.8) is 0 Å². The molecule has 0 spiro atoms. The Labute approximate surface area is 154 Å². The molecule has 2 aliphatic rings. The molecule has 1 fully saturated rings. The predicted molar refractivity (Wildman–Crippen MR) is 95.3 cm³/mol. The molecular formula is C18H17FN4O4. The number of pyridine rings is 1. The first-order chi connectivity index (χ1) is 13.0. The highest BCUT2D eigenvalue weighted by atomic mass is 19.1. The number of benzene rings is 1. The number of methoxy groups -OCH3 is 1. The summed E-state index contributed by atoms with van der Waals surface area (Å²) in [6.07, 6.45) is 3.00. The number of nitrogens with zero attached hydrogens (tertiary/aromatic N) is 1. The van der Waals surface area contributed by atoms with E-state index in [1.54, 1.807) is 0 Å². The Kier molecular flexibility index (Phi) is 4.06. The van der Waals surface area contributed by atoms with Gasteiger partial charge in [-0.15, -0.1) is 0 Å². The van der Waals surface area contributed by atoms with Gasteiger partial charge >= 0.3 is 0 Å². The molecule has 1 aliphatic carbocycles. The van der Waals surface area contributed by atoms with Crippen LogP contribution in [0.1, 0.15) is 23.2 Å². The maximum Gasteiger partial charge on any atom is 0.254 e. The summed E-state index contributed by atoms with van der Waals surface area (Å²) in [6.45, 7) is 0. The van der Waals surface area contributed by atoms with Crippen LogP contribution in [-0.4, -0.2) is 31.0 Å². The minimum Gasteiger partial charge on any atom is -0.494 e. The zero-order valence-electron chi connectivity index (χ0n) is 14.7. The van der Waals surface area contributed by atoms with Crippen molar-refractivity contribution in [2.75, 3.05) is 24.8 Å². The molecule has 3 N–H and O–H groups in total. The van der Waals surface area contributed by atoms with E-state index in [1.165, 1.54) is 32.5 Å². The topological polar surface area (TPSA) is 102 Å². The molecule has 2 aromatic rings. The first kappa shape index (κ1) is 17.1. The zero-order chi connectivity index (χ0) is 19.1. The van der Waals surface area contributed by atoms with Crippen molar-refractivity contribution in [1.29, 1.82) is 0 Å². The highest BCUT2D eigenvalue weighted by molar-refractivity contribution is 6.05. The molecular weight excluding hydrogens is 355 g/mol. The summed E-state index contributed by atoms with van der Waals surface area (Å²) in [6, 6.07) is 2.39. The standard InChI is InChI=1S/C18H17FN4O4/c1-20-18(25)10-7-21-16(23-17(24)8-3-4-8)15-13(10)22-14-11(26-2)5-9(19)6-12(14)27-15/h5-8,22H,3-4H2,1-2H3,(H,20,25)(H,21,23,24). The average molecular weight is 372 g/mol. The van der Waals surface area contributed by atoms with E-state index in [2.05, 4.69) is 20.9 Å². The maximum absolute atomic E-state index is 13.9. The Morgan fingerprint density at radius 2 is 2.11 bits per heavy atom. The monoisotopic (exact) mass is 372 g/mol. The smallest absolute Gasteiger partial charge is 0.254 e. The van der Waals surface area contributed by atoms with Crippen molar-refractivity contribution in [3.05, 3.63) is 29.7 Å². The number of rotatable bonds is 4. The first-order valence-corrected chi connectivity index (χ1v) is 8.40. The normalized spacial score (nSPS) is 14.2. The Morgan fingerprint density at radius 1 is 1.33 bits per heavy atom. The Balaban J connectivity index is 1.82. The summed E-state index contributed by atoms with van der Waals surface area (Å²) in [4.78, 5) is 28.5. The van der Waals surface area contributed by atoms with Crippen molar-refractivity contribution in [2.24, 2.45) is 5.92 Å². The number of hydrogen-bond donors (Lipinski definition) is 3. The molecule has 0 unspecified atom stereocenters. The molecule has 0 bridgehead atoms. The predicted octanol–water partition coefficient (Wildman–Crippen LogP) is 2.79. The lowest BCUT2D eigenvalue weighted by molar-refractivity contribution is -0.117. The van der Waals surface area contributed by atoms with Crippen LogP contribution in [0.2, 0.25) is 0 Å². The first-order valence-electron chi connectivity index (χ1n) is 8.40. The number of halogens is 1. The van der Waals surface area contributed by atoms with Gasteiger partial charge in [-0.3, -0.25) is 9.59 Å². The molecule has 1 saturated carbocycles. The van der Waals surface area contributed by atoms with Gasteiger partial charge in [0.1, 0.15) is 22.9 Å². The highest BCUT2D eigenvalue weighted by Gasteiger charge is 2.33. The van der Waals surface area contributed by atoms with Gasteiger partial charge in [0.05, 0.1) is 12.7 Å². The van der Waals surface area contributed by atoms with E-state index >= 15 is 0 Å². The van der Waals surface area contributed by atoms with Gasteiger partial charge < -0.3 is 25.4 Å². The number of nitrogens with one attached hydrogen (secondary N) is 3. The van der Waals surface area contributed by atoms with Crippen molar-refractivity contribution in [1.82, 2.24) is 10.3 Å². The largest absolute Gasteiger partial charge is 0.494 e. The minimum absolute atomic E-state index is 0.0394. The van der Waals surface area contributed by atoms with Crippen LogP contribution in [0, 0.1) is 11.7 Å². The Bertz CT molecular complexity index is 959. The van der Waals surface area contributed by atoms with E-state index in [1.807, 2.05) is 0 Å². The number of ether oxygens (including phenoxy) is 2. The number of fused-ring (bicyclic) bond motifs is 2. The van der Waals surface area contributed by atoms with Crippen LogP contribution in [0.15, 0.2) is 18.3 Å². The maximum atomic E-state index is 13.9. The van der Waals surface area contributed by atoms with E-state index in [0.717, 1.165) is 12.8 Å². The van der Waals surface area contributed by atoms with E-state index in [0.29, 0.717) is 11.4 Å². The molecule has 27 heavy (non-hydrogen) atoms. The molecule has 8 nitrogen and oxygen atoms in total. The third kappa shape index (κ3) is 3.01. The van der Waals surface area contributed by atoms with Crippen molar-refractivity contribution in [3.8, 4) is 17.2 Å². The number of carbonyl (C=O) groups is 2. The quantitative estimate of drug-likeness (QED) is 0.651. The Hall–Kier alpha value is -3.36. The highest BCUT2D eigenvalue weighted by Crippen LogP contribution is 2.50. The molecule has 9 heteroatoms. The third-order valence-corrected chi connectivity index (χ3v) is 4.41. The second-order valence-electron chi connectivity index (χ2n) is 6.28. The summed E-state index contributed by atoms with van der Waals surface area (Å²) in [7, 11) is 2.89. The minimum atomic E-state index is -0.546. The number of aromatic nitrogens is 1. The molecule has 140 valence electrons. The van der Waals surface area contributed by atoms with E-state index in [-0.39, 0.29) is 46.4 Å². The molecule has 1 aliphatic heterocycles. The van der Waals surface area contributed by atoms with Crippen LogP contribution < -0.4 is 25.4 Å². The van der Waals surface area contributed by atoms with Gasteiger partial charge in [0.2, 0.25) is 5.91 Å². The summed E-state index contributed by atoms with van der Waals surface area (Å²) < 4.78 is 24.9. The molecule has 2 heterocycles. The van der Waals surface area contributed by atoms with Crippen LogP contribution >= 0.6 is 0 Å². The molecule has 4 rings (SSSR count). The van der Waals surface area contributed by atoms with E-state index in [9.17, 15) is 14.0 Å². The third-order valence-electron chi connectivity index (χ3n) is 4.41. The van der Waals surface area contributed by atoms with E-state index < -0.39 is 5.82 Å². The van der Waals surface area contributed by atoms with Crippen LogP contribution in [0.3, 0.4) is 0 Å². The van der Waals surface area contributed by atoms with E-state index in [4.69, 9.17) is 9.47 Å². The van der Waals surface area contributed by atoms with Crippen LogP contribution in [-0.2, 0) is 4.79 Å².